The van der Waals surface area contributed by atoms with Gasteiger partial charge in [-0.15, -0.1) is 34.0 Å². The standard InChI is InChI=1S/2C7H8.2BrH.H2O/c2*1-7-5-3-2-4-6-7;;;/h2*2-6H,1H3;2*1H;1H2. The molecule has 2 aromatic carbocycles. The summed E-state index contributed by atoms with van der Waals surface area (Å²) in [5.41, 5.74) is 2.64. The van der Waals surface area contributed by atoms with Crippen molar-refractivity contribution in [2.45, 2.75) is 13.8 Å². The predicted octanol–water partition coefficient (Wildman–Crippen LogP) is 4.32. The molecule has 96 valence electrons. The molecule has 0 heterocycles. The number of rotatable bonds is 0. The van der Waals surface area contributed by atoms with Crippen LogP contribution in [-0.4, -0.2) is 5.48 Å². The molecule has 0 atom stereocenters. The van der Waals surface area contributed by atoms with Crippen molar-refractivity contribution in [2.24, 2.45) is 0 Å². The summed E-state index contributed by atoms with van der Waals surface area (Å²) in [7, 11) is 0. The fourth-order valence-corrected chi connectivity index (χ4v) is 1.07. The predicted molar refractivity (Wildman–Crippen MR) is 86.6 cm³/mol. The van der Waals surface area contributed by atoms with E-state index >= 15 is 0 Å². The number of hydrogen-bond donors (Lipinski definition) is 0. The summed E-state index contributed by atoms with van der Waals surface area (Å²) in [4.78, 5) is 0. The molecule has 17 heavy (non-hydrogen) atoms. The Labute approximate surface area is 125 Å². The summed E-state index contributed by atoms with van der Waals surface area (Å²) in [5, 5.41) is 0. The first-order valence-electron chi connectivity index (χ1n) is 4.82. The highest BCUT2D eigenvalue weighted by atomic mass is 79.9. The van der Waals surface area contributed by atoms with Crippen LogP contribution in [0, 0.1) is 13.8 Å². The second kappa shape index (κ2) is 13.4. The van der Waals surface area contributed by atoms with Crippen LogP contribution in [-0.2, 0) is 0 Å². The van der Waals surface area contributed by atoms with Gasteiger partial charge in [0.05, 0.1) is 0 Å². The summed E-state index contributed by atoms with van der Waals surface area (Å²) in [6.45, 7) is 4.17. The molecule has 0 bridgehead atoms. The average Bonchev–Trinajstić information content (AvgIpc) is 2.21. The van der Waals surface area contributed by atoms with Crippen molar-refractivity contribution >= 4 is 34.0 Å². The van der Waals surface area contributed by atoms with Crippen LogP contribution >= 0.6 is 34.0 Å². The molecule has 2 rings (SSSR count). The Morgan fingerprint density at radius 1 is 0.529 bits per heavy atom. The second-order valence-electron chi connectivity index (χ2n) is 3.31. The zero-order valence-corrected chi connectivity index (χ0v) is 13.5. The fraction of sp³-hybridized carbons (Fsp3) is 0.143. The van der Waals surface area contributed by atoms with E-state index < -0.39 is 0 Å². The van der Waals surface area contributed by atoms with Gasteiger partial charge in [0, 0.05) is 0 Å². The largest absolute Gasteiger partial charge is 0.412 e. The Balaban J connectivity index is -0.000000196. The lowest BCUT2D eigenvalue weighted by Gasteiger charge is -1.82. The molecule has 0 amide bonds. The molecular weight excluding hydrogens is 344 g/mol. The van der Waals surface area contributed by atoms with Gasteiger partial charge in [-0.3, -0.25) is 0 Å². The van der Waals surface area contributed by atoms with E-state index in [1.54, 1.807) is 0 Å². The van der Waals surface area contributed by atoms with E-state index in [1.807, 2.05) is 36.4 Å². The molecule has 0 unspecified atom stereocenters. The lowest BCUT2D eigenvalue weighted by molar-refractivity contribution is 0.824. The third kappa shape index (κ3) is 11.6. The van der Waals surface area contributed by atoms with Crippen LogP contribution in [0.2, 0.25) is 0 Å². The molecule has 2 N–H and O–H groups in total. The Hall–Kier alpha value is -0.640. The van der Waals surface area contributed by atoms with Crippen molar-refractivity contribution in [2.75, 3.05) is 0 Å². The molecule has 1 nitrogen and oxygen atoms in total. The minimum atomic E-state index is 0. The van der Waals surface area contributed by atoms with E-state index in [0.29, 0.717) is 0 Å². The van der Waals surface area contributed by atoms with Gasteiger partial charge in [0.15, 0.2) is 0 Å². The van der Waals surface area contributed by atoms with Crippen LogP contribution in [0.5, 0.6) is 0 Å². The molecule has 2 aromatic rings. The van der Waals surface area contributed by atoms with Crippen molar-refractivity contribution in [3.05, 3.63) is 71.8 Å². The smallest absolute Gasteiger partial charge is 0.0398 e. The Morgan fingerprint density at radius 3 is 0.882 bits per heavy atom. The lowest BCUT2D eigenvalue weighted by atomic mass is 10.2. The van der Waals surface area contributed by atoms with Crippen LogP contribution in [0.25, 0.3) is 0 Å². The first-order chi connectivity index (χ1) is 6.79. The second-order valence-corrected chi connectivity index (χ2v) is 3.31. The normalized spacial score (nSPS) is 7.18. The van der Waals surface area contributed by atoms with Crippen LogP contribution in [0.1, 0.15) is 11.1 Å². The highest BCUT2D eigenvalue weighted by Crippen LogP contribution is 1.92. The van der Waals surface area contributed by atoms with Gasteiger partial charge in [-0.25, -0.2) is 0 Å². The van der Waals surface area contributed by atoms with Gasteiger partial charge < -0.3 is 5.48 Å². The molecule has 0 spiro atoms. The zero-order valence-electron chi connectivity index (χ0n) is 10.1. The molecule has 0 aromatic heterocycles. The quantitative estimate of drug-likeness (QED) is 0.667. The number of aryl methyl sites for hydroxylation is 2. The highest BCUT2D eigenvalue weighted by molar-refractivity contribution is 8.93. The topological polar surface area (TPSA) is 31.5 Å². The summed E-state index contributed by atoms with van der Waals surface area (Å²) >= 11 is 0. The first-order valence-corrected chi connectivity index (χ1v) is 4.82. The van der Waals surface area contributed by atoms with Gasteiger partial charge in [-0.1, -0.05) is 71.8 Å². The Bertz CT molecular complexity index is 312. The maximum atomic E-state index is 2.08. The van der Waals surface area contributed by atoms with Crippen molar-refractivity contribution < 1.29 is 5.48 Å². The monoisotopic (exact) mass is 362 g/mol. The minimum absolute atomic E-state index is 0. The van der Waals surface area contributed by atoms with E-state index in [4.69, 9.17) is 0 Å². The van der Waals surface area contributed by atoms with Crippen molar-refractivity contribution in [3.8, 4) is 0 Å². The van der Waals surface area contributed by atoms with E-state index in [1.165, 1.54) is 11.1 Å². The number of hydrogen-bond acceptors (Lipinski definition) is 0. The molecule has 0 fully saturated rings. The van der Waals surface area contributed by atoms with Crippen molar-refractivity contribution in [1.29, 1.82) is 0 Å². The van der Waals surface area contributed by atoms with Gasteiger partial charge in [-0.05, 0) is 13.8 Å². The lowest BCUT2D eigenvalue weighted by Crippen LogP contribution is -1.62. The van der Waals surface area contributed by atoms with E-state index in [9.17, 15) is 0 Å². The first kappa shape index (κ1) is 21.6. The fourth-order valence-electron chi connectivity index (χ4n) is 1.07. The van der Waals surface area contributed by atoms with Gasteiger partial charge in [0.1, 0.15) is 0 Å². The molecule has 0 aliphatic rings. The maximum Gasteiger partial charge on any atom is -0.0398 e. The van der Waals surface area contributed by atoms with E-state index in [2.05, 4.69) is 38.1 Å². The van der Waals surface area contributed by atoms with E-state index in [-0.39, 0.29) is 39.4 Å². The average molecular weight is 364 g/mol. The summed E-state index contributed by atoms with van der Waals surface area (Å²) in [6.07, 6.45) is 0. The number of benzene rings is 2. The molecular formula is C14H20Br2O. The SMILES string of the molecule is Br.Br.Cc1ccccc1.Cc1ccccc1.O. The zero-order chi connectivity index (χ0) is 10.2. The Morgan fingerprint density at radius 2 is 0.765 bits per heavy atom. The van der Waals surface area contributed by atoms with Crippen LogP contribution in [0.3, 0.4) is 0 Å². The third-order valence-electron chi connectivity index (χ3n) is 1.88. The summed E-state index contributed by atoms with van der Waals surface area (Å²) in [6, 6.07) is 20.5. The molecule has 0 aliphatic carbocycles. The molecule has 0 saturated heterocycles. The molecule has 0 saturated carbocycles. The summed E-state index contributed by atoms with van der Waals surface area (Å²) in [5.74, 6) is 0. The summed E-state index contributed by atoms with van der Waals surface area (Å²) < 4.78 is 0. The highest BCUT2D eigenvalue weighted by Gasteiger charge is 1.72. The van der Waals surface area contributed by atoms with Crippen molar-refractivity contribution in [3.63, 3.8) is 0 Å². The van der Waals surface area contributed by atoms with Crippen molar-refractivity contribution in [1.82, 2.24) is 0 Å². The Kier molecular flexibility index (Phi) is 17.1. The third-order valence-corrected chi connectivity index (χ3v) is 1.88. The minimum Gasteiger partial charge on any atom is -0.412 e. The van der Waals surface area contributed by atoms with Gasteiger partial charge in [0.2, 0.25) is 0 Å². The number of halogens is 2. The van der Waals surface area contributed by atoms with Gasteiger partial charge in [0.25, 0.3) is 0 Å². The molecule has 3 heteroatoms. The molecule has 0 radical (unpaired) electrons. The van der Waals surface area contributed by atoms with Crippen LogP contribution in [0.4, 0.5) is 0 Å². The van der Waals surface area contributed by atoms with E-state index in [0.717, 1.165) is 0 Å². The molecule has 0 aliphatic heterocycles. The maximum absolute atomic E-state index is 2.08. The van der Waals surface area contributed by atoms with Crippen LogP contribution in [0.15, 0.2) is 60.7 Å². The van der Waals surface area contributed by atoms with Gasteiger partial charge >= 0.3 is 0 Å². The van der Waals surface area contributed by atoms with Gasteiger partial charge in [-0.2, -0.15) is 0 Å². The van der Waals surface area contributed by atoms with Crippen LogP contribution < -0.4 is 0 Å².